The minimum atomic E-state index is -4.36. The van der Waals surface area contributed by atoms with Crippen LogP contribution in [-0.4, -0.2) is 6.04 Å². The SMILES string of the molecule is CC(C)CCC(C)Nc1ccc(C(F)(F)F)cc1Cl. The predicted octanol–water partition coefficient (Wildman–Crippen LogP) is 5.60. The lowest BCUT2D eigenvalue weighted by molar-refractivity contribution is -0.137. The van der Waals surface area contributed by atoms with Crippen LogP contribution in [0.5, 0.6) is 0 Å². The molecule has 0 aliphatic heterocycles. The van der Waals surface area contributed by atoms with Crippen molar-refractivity contribution in [2.45, 2.75) is 45.8 Å². The van der Waals surface area contributed by atoms with Crippen molar-refractivity contribution in [3.63, 3.8) is 0 Å². The Bertz CT molecular complexity index is 416. The first-order chi connectivity index (χ1) is 8.70. The molecule has 0 saturated carbocycles. The molecule has 0 aliphatic carbocycles. The van der Waals surface area contributed by atoms with E-state index in [1.807, 2.05) is 6.92 Å². The average Bonchev–Trinajstić information content (AvgIpc) is 2.27. The van der Waals surface area contributed by atoms with E-state index in [2.05, 4.69) is 19.2 Å². The molecule has 1 nitrogen and oxygen atoms in total. The maximum Gasteiger partial charge on any atom is 0.416 e. The van der Waals surface area contributed by atoms with Crippen molar-refractivity contribution in [2.75, 3.05) is 5.32 Å². The number of hydrogen-bond donors (Lipinski definition) is 1. The van der Waals surface area contributed by atoms with Crippen molar-refractivity contribution in [3.05, 3.63) is 28.8 Å². The van der Waals surface area contributed by atoms with Gasteiger partial charge in [-0.05, 0) is 43.9 Å². The van der Waals surface area contributed by atoms with Crippen LogP contribution in [0.15, 0.2) is 18.2 Å². The fraction of sp³-hybridized carbons (Fsp3) is 0.571. The van der Waals surface area contributed by atoms with Gasteiger partial charge < -0.3 is 5.32 Å². The van der Waals surface area contributed by atoms with Crippen LogP contribution in [-0.2, 0) is 6.18 Å². The third-order valence-electron chi connectivity index (χ3n) is 2.88. The summed E-state index contributed by atoms with van der Waals surface area (Å²) < 4.78 is 37.5. The number of rotatable bonds is 5. The van der Waals surface area contributed by atoms with Gasteiger partial charge in [-0.3, -0.25) is 0 Å². The van der Waals surface area contributed by atoms with Crippen LogP contribution in [0.1, 0.15) is 39.2 Å². The van der Waals surface area contributed by atoms with Crippen LogP contribution < -0.4 is 5.32 Å². The molecular weight excluding hydrogens is 275 g/mol. The van der Waals surface area contributed by atoms with Crippen molar-refractivity contribution >= 4 is 17.3 Å². The zero-order chi connectivity index (χ0) is 14.6. The molecule has 0 radical (unpaired) electrons. The molecule has 1 rings (SSSR count). The van der Waals surface area contributed by atoms with E-state index in [1.165, 1.54) is 6.07 Å². The number of benzene rings is 1. The molecule has 0 heterocycles. The second-order valence-corrected chi connectivity index (χ2v) is 5.62. The number of hydrogen-bond acceptors (Lipinski definition) is 1. The maximum atomic E-state index is 12.5. The molecule has 5 heteroatoms. The van der Waals surface area contributed by atoms with E-state index in [9.17, 15) is 13.2 Å². The lowest BCUT2D eigenvalue weighted by Gasteiger charge is -2.18. The van der Waals surface area contributed by atoms with Gasteiger partial charge in [0.25, 0.3) is 0 Å². The standard InChI is InChI=1S/C14H19ClF3N/c1-9(2)4-5-10(3)19-13-7-6-11(8-12(13)15)14(16,17)18/h6-10,19H,4-5H2,1-3H3. The molecular formula is C14H19ClF3N. The van der Waals surface area contributed by atoms with E-state index < -0.39 is 11.7 Å². The minimum Gasteiger partial charge on any atom is -0.381 e. The number of alkyl halides is 3. The van der Waals surface area contributed by atoms with Crippen molar-refractivity contribution in [1.82, 2.24) is 0 Å². The molecule has 108 valence electrons. The molecule has 19 heavy (non-hydrogen) atoms. The molecule has 1 unspecified atom stereocenters. The van der Waals surface area contributed by atoms with Gasteiger partial charge in [0.1, 0.15) is 0 Å². The lowest BCUT2D eigenvalue weighted by atomic mass is 10.0. The summed E-state index contributed by atoms with van der Waals surface area (Å²) in [7, 11) is 0. The Morgan fingerprint density at radius 1 is 1.16 bits per heavy atom. The van der Waals surface area contributed by atoms with Crippen LogP contribution >= 0.6 is 11.6 Å². The fourth-order valence-electron chi connectivity index (χ4n) is 1.73. The Morgan fingerprint density at radius 2 is 1.79 bits per heavy atom. The predicted molar refractivity (Wildman–Crippen MR) is 73.6 cm³/mol. The van der Waals surface area contributed by atoms with Gasteiger partial charge in [-0.25, -0.2) is 0 Å². The summed E-state index contributed by atoms with van der Waals surface area (Å²) >= 11 is 5.88. The lowest BCUT2D eigenvalue weighted by Crippen LogP contribution is -2.16. The van der Waals surface area contributed by atoms with Crippen molar-refractivity contribution in [1.29, 1.82) is 0 Å². The fourth-order valence-corrected chi connectivity index (χ4v) is 1.96. The van der Waals surface area contributed by atoms with Gasteiger partial charge in [-0.2, -0.15) is 13.2 Å². The Hall–Kier alpha value is -0.900. The first-order valence-corrected chi connectivity index (χ1v) is 6.71. The molecule has 0 aliphatic rings. The normalized spacial score (nSPS) is 13.7. The summed E-state index contributed by atoms with van der Waals surface area (Å²) in [5, 5.41) is 3.25. The summed E-state index contributed by atoms with van der Waals surface area (Å²) in [5.41, 5.74) is -0.177. The highest BCUT2D eigenvalue weighted by Crippen LogP contribution is 2.34. The quantitative estimate of drug-likeness (QED) is 0.745. The molecule has 0 bridgehead atoms. The summed E-state index contributed by atoms with van der Waals surface area (Å²) in [6.07, 6.45) is -2.34. The second-order valence-electron chi connectivity index (χ2n) is 5.21. The van der Waals surface area contributed by atoms with Crippen LogP contribution in [0.3, 0.4) is 0 Å². The van der Waals surface area contributed by atoms with Gasteiger partial charge in [0.05, 0.1) is 16.3 Å². The molecule has 1 aromatic carbocycles. The highest BCUT2D eigenvalue weighted by molar-refractivity contribution is 6.33. The van der Waals surface area contributed by atoms with Crippen LogP contribution in [0, 0.1) is 5.92 Å². The molecule has 1 aromatic rings. The number of anilines is 1. The van der Waals surface area contributed by atoms with Crippen LogP contribution in [0.4, 0.5) is 18.9 Å². The highest BCUT2D eigenvalue weighted by Gasteiger charge is 2.30. The summed E-state index contributed by atoms with van der Waals surface area (Å²) in [4.78, 5) is 0. The van der Waals surface area contributed by atoms with E-state index in [4.69, 9.17) is 11.6 Å². The van der Waals surface area contributed by atoms with Gasteiger partial charge in [-0.15, -0.1) is 0 Å². The maximum absolute atomic E-state index is 12.5. The molecule has 0 aromatic heterocycles. The Morgan fingerprint density at radius 3 is 2.26 bits per heavy atom. The zero-order valence-electron chi connectivity index (χ0n) is 11.3. The molecule has 1 atom stereocenters. The topological polar surface area (TPSA) is 12.0 Å². The van der Waals surface area contributed by atoms with Crippen molar-refractivity contribution < 1.29 is 13.2 Å². The number of nitrogens with one attached hydrogen (secondary N) is 1. The van der Waals surface area contributed by atoms with E-state index in [-0.39, 0.29) is 11.1 Å². The van der Waals surface area contributed by atoms with Crippen LogP contribution in [0.2, 0.25) is 5.02 Å². The molecule has 0 saturated heterocycles. The van der Waals surface area contributed by atoms with E-state index in [0.717, 1.165) is 25.0 Å². The largest absolute Gasteiger partial charge is 0.416 e. The van der Waals surface area contributed by atoms with Gasteiger partial charge >= 0.3 is 6.18 Å². The molecule has 0 amide bonds. The summed E-state index contributed by atoms with van der Waals surface area (Å²) in [5.74, 6) is 0.604. The Kier molecular flexibility index (Phi) is 5.53. The van der Waals surface area contributed by atoms with Gasteiger partial charge in [0, 0.05) is 6.04 Å². The monoisotopic (exact) mass is 293 g/mol. The van der Waals surface area contributed by atoms with E-state index in [0.29, 0.717) is 11.6 Å². The Balaban J connectivity index is 2.70. The smallest absolute Gasteiger partial charge is 0.381 e. The van der Waals surface area contributed by atoms with Crippen molar-refractivity contribution in [3.8, 4) is 0 Å². The first kappa shape index (κ1) is 16.2. The van der Waals surface area contributed by atoms with Gasteiger partial charge in [-0.1, -0.05) is 25.4 Å². The summed E-state index contributed by atoms with van der Waals surface area (Å²) in [6.45, 7) is 6.27. The highest BCUT2D eigenvalue weighted by atomic mass is 35.5. The third-order valence-corrected chi connectivity index (χ3v) is 3.19. The third kappa shape index (κ3) is 5.31. The molecule has 0 fully saturated rings. The molecule has 1 N–H and O–H groups in total. The van der Waals surface area contributed by atoms with E-state index >= 15 is 0 Å². The zero-order valence-corrected chi connectivity index (χ0v) is 12.1. The Labute approximate surface area is 117 Å². The van der Waals surface area contributed by atoms with Gasteiger partial charge in [0.15, 0.2) is 0 Å². The number of halogens is 4. The minimum absolute atomic E-state index is 0.103. The second kappa shape index (κ2) is 6.51. The first-order valence-electron chi connectivity index (χ1n) is 6.33. The summed E-state index contributed by atoms with van der Waals surface area (Å²) in [6, 6.07) is 3.57. The van der Waals surface area contributed by atoms with Gasteiger partial charge in [0.2, 0.25) is 0 Å². The van der Waals surface area contributed by atoms with E-state index in [1.54, 1.807) is 0 Å². The van der Waals surface area contributed by atoms with Crippen molar-refractivity contribution in [2.24, 2.45) is 5.92 Å². The van der Waals surface area contributed by atoms with Crippen LogP contribution in [0.25, 0.3) is 0 Å². The molecule has 0 spiro atoms. The average molecular weight is 294 g/mol.